The zero-order valence-electron chi connectivity index (χ0n) is 9.50. The number of nitrogens with one attached hydrogen (secondary N) is 3. The fourth-order valence-electron chi connectivity index (χ4n) is 1.55. The van der Waals surface area contributed by atoms with Crippen LogP contribution in [0.15, 0.2) is 0 Å². The number of hydrogen-bond donors (Lipinski definition) is 3. The van der Waals surface area contributed by atoms with Crippen LogP contribution in [0.1, 0.15) is 26.7 Å². The molecule has 0 aromatic heterocycles. The molecule has 0 spiro atoms. The Balaban J connectivity index is 2.33. The molecule has 16 heavy (non-hydrogen) atoms. The Bertz CT molecular complexity index is 294. The van der Waals surface area contributed by atoms with Gasteiger partial charge in [-0.3, -0.25) is 14.4 Å². The molecule has 1 heterocycles. The van der Waals surface area contributed by atoms with Crippen molar-refractivity contribution >= 4 is 17.7 Å². The van der Waals surface area contributed by atoms with Crippen LogP contribution in [0.2, 0.25) is 0 Å². The highest BCUT2D eigenvalue weighted by Gasteiger charge is 2.22. The van der Waals surface area contributed by atoms with Gasteiger partial charge in [0, 0.05) is 25.9 Å². The fourth-order valence-corrected chi connectivity index (χ4v) is 1.55. The maximum atomic E-state index is 11.6. The summed E-state index contributed by atoms with van der Waals surface area (Å²) in [7, 11) is 0. The molecule has 1 aliphatic rings. The van der Waals surface area contributed by atoms with Crippen molar-refractivity contribution in [1.29, 1.82) is 0 Å². The van der Waals surface area contributed by atoms with Crippen LogP contribution >= 0.6 is 0 Å². The summed E-state index contributed by atoms with van der Waals surface area (Å²) >= 11 is 0. The molecule has 1 rings (SSSR count). The molecule has 0 aliphatic carbocycles. The van der Waals surface area contributed by atoms with Gasteiger partial charge in [0.05, 0.1) is 0 Å². The number of piperidine rings is 1. The number of carbonyl (C=O) groups is 3. The average molecular weight is 227 g/mol. The minimum atomic E-state index is -0.546. The van der Waals surface area contributed by atoms with Gasteiger partial charge in [-0.05, 0) is 13.3 Å². The third-order valence-corrected chi connectivity index (χ3v) is 2.42. The van der Waals surface area contributed by atoms with Crippen LogP contribution in [0, 0.1) is 0 Å². The first kappa shape index (κ1) is 12.5. The summed E-state index contributed by atoms with van der Waals surface area (Å²) in [6.07, 6.45) is 1.07. The highest BCUT2D eigenvalue weighted by atomic mass is 16.2. The Morgan fingerprint density at radius 3 is 2.69 bits per heavy atom. The first-order valence-electron chi connectivity index (χ1n) is 5.33. The summed E-state index contributed by atoms with van der Waals surface area (Å²) in [6, 6.07) is -0.587. The van der Waals surface area contributed by atoms with E-state index in [-0.39, 0.29) is 23.8 Å². The molecule has 2 atom stereocenters. The zero-order valence-corrected chi connectivity index (χ0v) is 9.50. The molecule has 3 N–H and O–H groups in total. The predicted octanol–water partition coefficient (Wildman–Crippen LogP) is -1.09. The van der Waals surface area contributed by atoms with Crippen LogP contribution in [-0.4, -0.2) is 36.3 Å². The van der Waals surface area contributed by atoms with Crippen LogP contribution < -0.4 is 16.0 Å². The summed E-state index contributed by atoms with van der Waals surface area (Å²) in [5, 5.41) is 7.95. The lowest BCUT2D eigenvalue weighted by atomic mass is 10.1. The molecular formula is C10H17N3O3. The quantitative estimate of drug-likeness (QED) is 0.572. The van der Waals surface area contributed by atoms with E-state index in [9.17, 15) is 14.4 Å². The van der Waals surface area contributed by atoms with Crippen molar-refractivity contribution in [1.82, 2.24) is 16.0 Å². The van der Waals surface area contributed by atoms with E-state index in [1.807, 2.05) is 0 Å². The van der Waals surface area contributed by atoms with Crippen LogP contribution in [-0.2, 0) is 14.4 Å². The third kappa shape index (κ3) is 3.88. The van der Waals surface area contributed by atoms with Gasteiger partial charge in [0.2, 0.25) is 17.7 Å². The topological polar surface area (TPSA) is 87.3 Å². The largest absolute Gasteiger partial charge is 0.354 e. The first-order valence-corrected chi connectivity index (χ1v) is 5.33. The molecular weight excluding hydrogens is 210 g/mol. The maximum Gasteiger partial charge on any atom is 0.242 e. The molecule has 3 amide bonds. The van der Waals surface area contributed by atoms with Gasteiger partial charge >= 0.3 is 0 Å². The Hall–Kier alpha value is -1.59. The maximum absolute atomic E-state index is 11.6. The second kappa shape index (κ2) is 5.48. The van der Waals surface area contributed by atoms with Gasteiger partial charge in [0.15, 0.2) is 0 Å². The lowest BCUT2D eigenvalue weighted by Gasteiger charge is -2.25. The molecule has 0 aromatic rings. The molecule has 6 nitrogen and oxygen atoms in total. The molecule has 0 radical (unpaired) electrons. The van der Waals surface area contributed by atoms with Crippen molar-refractivity contribution in [3.8, 4) is 0 Å². The Labute approximate surface area is 94.2 Å². The number of hydrogen-bond acceptors (Lipinski definition) is 3. The molecule has 0 saturated carbocycles. The first-order chi connectivity index (χ1) is 7.49. The summed E-state index contributed by atoms with van der Waals surface area (Å²) in [5.41, 5.74) is 0. The standard InChI is InChI=1S/C10H17N3O3/c1-6(12-7(2)14)10(16)13-8-3-4-9(15)11-5-8/h6,8H,3-5H2,1-2H3,(H,11,15)(H,12,14)(H,13,16). The molecule has 1 saturated heterocycles. The van der Waals surface area contributed by atoms with E-state index in [4.69, 9.17) is 0 Å². The molecule has 90 valence electrons. The van der Waals surface area contributed by atoms with E-state index in [1.54, 1.807) is 6.92 Å². The minimum absolute atomic E-state index is 0.0143. The van der Waals surface area contributed by atoms with Crippen LogP contribution in [0.4, 0.5) is 0 Å². The summed E-state index contributed by atoms with van der Waals surface area (Å²) < 4.78 is 0. The molecule has 6 heteroatoms. The Kier molecular flexibility index (Phi) is 4.28. The average Bonchev–Trinajstić information content (AvgIpc) is 2.20. The van der Waals surface area contributed by atoms with E-state index < -0.39 is 6.04 Å². The molecule has 2 unspecified atom stereocenters. The number of amides is 3. The SMILES string of the molecule is CC(=O)NC(C)C(=O)NC1CCC(=O)NC1. The lowest BCUT2D eigenvalue weighted by molar-refractivity contribution is -0.129. The fraction of sp³-hybridized carbons (Fsp3) is 0.700. The number of carbonyl (C=O) groups excluding carboxylic acids is 3. The summed E-state index contributed by atoms with van der Waals surface area (Å²) in [4.78, 5) is 33.2. The number of rotatable bonds is 3. The van der Waals surface area contributed by atoms with Crippen molar-refractivity contribution in [2.45, 2.75) is 38.8 Å². The van der Waals surface area contributed by atoms with Crippen LogP contribution in [0.5, 0.6) is 0 Å². The van der Waals surface area contributed by atoms with Gasteiger partial charge in [-0.1, -0.05) is 0 Å². The predicted molar refractivity (Wildman–Crippen MR) is 57.5 cm³/mol. The van der Waals surface area contributed by atoms with Crippen molar-refractivity contribution in [3.63, 3.8) is 0 Å². The highest BCUT2D eigenvalue weighted by molar-refractivity contribution is 5.86. The van der Waals surface area contributed by atoms with Gasteiger partial charge in [-0.25, -0.2) is 0 Å². The van der Waals surface area contributed by atoms with Crippen LogP contribution in [0.3, 0.4) is 0 Å². The van der Waals surface area contributed by atoms with E-state index >= 15 is 0 Å². The smallest absolute Gasteiger partial charge is 0.242 e. The Morgan fingerprint density at radius 1 is 1.50 bits per heavy atom. The molecule has 0 aromatic carbocycles. The van der Waals surface area contributed by atoms with E-state index in [0.29, 0.717) is 19.4 Å². The summed E-state index contributed by atoms with van der Waals surface area (Å²) in [5.74, 6) is -0.448. The van der Waals surface area contributed by atoms with Gasteiger partial charge < -0.3 is 16.0 Å². The second-order valence-electron chi connectivity index (χ2n) is 3.97. The van der Waals surface area contributed by atoms with Gasteiger partial charge in [-0.2, -0.15) is 0 Å². The summed E-state index contributed by atoms with van der Waals surface area (Å²) in [6.45, 7) is 3.44. The van der Waals surface area contributed by atoms with E-state index in [0.717, 1.165) is 0 Å². The van der Waals surface area contributed by atoms with Gasteiger partial charge in [0.25, 0.3) is 0 Å². The highest BCUT2D eigenvalue weighted by Crippen LogP contribution is 2.02. The molecule has 1 fully saturated rings. The zero-order chi connectivity index (χ0) is 12.1. The van der Waals surface area contributed by atoms with Crippen molar-refractivity contribution in [2.75, 3.05) is 6.54 Å². The van der Waals surface area contributed by atoms with Gasteiger partial charge in [-0.15, -0.1) is 0 Å². The Morgan fingerprint density at radius 2 is 2.19 bits per heavy atom. The van der Waals surface area contributed by atoms with Gasteiger partial charge in [0.1, 0.15) is 6.04 Å². The van der Waals surface area contributed by atoms with E-state index in [2.05, 4.69) is 16.0 Å². The van der Waals surface area contributed by atoms with Crippen LogP contribution in [0.25, 0.3) is 0 Å². The van der Waals surface area contributed by atoms with Crippen molar-refractivity contribution in [3.05, 3.63) is 0 Å². The van der Waals surface area contributed by atoms with E-state index in [1.165, 1.54) is 6.92 Å². The monoisotopic (exact) mass is 227 g/mol. The molecule has 1 aliphatic heterocycles. The van der Waals surface area contributed by atoms with Crippen molar-refractivity contribution < 1.29 is 14.4 Å². The molecule has 0 bridgehead atoms. The van der Waals surface area contributed by atoms with Crippen molar-refractivity contribution in [2.24, 2.45) is 0 Å². The third-order valence-electron chi connectivity index (χ3n) is 2.42. The minimum Gasteiger partial charge on any atom is -0.354 e. The lowest BCUT2D eigenvalue weighted by Crippen LogP contribution is -2.52. The normalized spacial score (nSPS) is 21.9. The second-order valence-corrected chi connectivity index (χ2v) is 3.97.